The molecule has 3 rings (SSSR count). The average molecular weight is 316 g/mol. The van der Waals surface area contributed by atoms with Crippen LogP contribution in [0.15, 0.2) is 24.5 Å². The highest BCUT2D eigenvalue weighted by Gasteiger charge is 2.13. The fourth-order valence-corrected chi connectivity index (χ4v) is 2.50. The van der Waals surface area contributed by atoms with E-state index in [1.807, 2.05) is 25.1 Å². The molecule has 0 aliphatic rings. The molecule has 7 heteroatoms. The zero-order chi connectivity index (χ0) is 16.2. The molecule has 0 radical (unpaired) electrons. The summed E-state index contributed by atoms with van der Waals surface area (Å²) in [5.41, 5.74) is 2.69. The molecule has 3 aromatic rings. The van der Waals surface area contributed by atoms with Gasteiger partial charge in [0.2, 0.25) is 0 Å². The van der Waals surface area contributed by atoms with Crippen LogP contribution in [0.5, 0.6) is 5.75 Å². The second-order valence-corrected chi connectivity index (χ2v) is 4.99. The minimum atomic E-state index is -0.339. The quantitative estimate of drug-likeness (QED) is 0.652. The van der Waals surface area contributed by atoms with E-state index in [4.69, 9.17) is 14.2 Å². The number of H-pyrrole nitrogens is 1. The summed E-state index contributed by atoms with van der Waals surface area (Å²) in [7, 11) is 3.20. The maximum Gasteiger partial charge on any atom is 0.173 e. The first-order chi connectivity index (χ1) is 11.3. The van der Waals surface area contributed by atoms with Crippen molar-refractivity contribution >= 4 is 27.8 Å². The Labute approximate surface area is 134 Å². The van der Waals surface area contributed by atoms with Gasteiger partial charge in [-0.1, -0.05) is 0 Å². The van der Waals surface area contributed by atoms with Crippen molar-refractivity contribution in [1.29, 1.82) is 0 Å². The summed E-state index contributed by atoms with van der Waals surface area (Å²) in [6.45, 7) is 3.08. The highest BCUT2D eigenvalue weighted by Crippen LogP contribution is 2.30. The van der Waals surface area contributed by atoms with Gasteiger partial charge in [0.1, 0.15) is 23.1 Å². The molecule has 0 unspecified atom stereocenters. The average Bonchev–Trinajstić information content (AvgIpc) is 2.95. The Morgan fingerprint density at radius 2 is 2.04 bits per heavy atom. The highest BCUT2D eigenvalue weighted by molar-refractivity contribution is 6.08. The van der Waals surface area contributed by atoms with Gasteiger partial charge >= 0.3 is 0 Å². The van der Waals surface area contributed by atoms with Crippen LogP contribution in [0.4, 0.5) is 5.82 Å². The Hall–Kier alpha value is -2.38. The Kier molecular flexibility index (Phi) is 4.59. The summed E-state index contributed by atoms with van der Waals surface area (Å²) in [5, 5.41) is 4.23. The van der Waals surface area contributed by atoms with Crippen LogP contribution >= 0.6 is 0 Å². The molecule has 0 aliphatic carbocycles. The van der Waals surface area contributed by atoms with Crippen molar-refractivity contribution < 1.29 is 14.2 Å². The van der Waals surface area contributed by atoms with Gasteiger partial charge in [-0.2, -0.15) is 0 Å². The normalized spacial score (nSPS) is 11.5. The lowest BCUT2D eigenvalue weighted by Gasteiger charge is -2.14. The van der Waals surface area contributed by atoms with Crippen LogP contribution in [-0.4, -0.2) is 48.6 Å². The number of hydrogen-bond donors (Lipinski definition) is 2. The zero-order valence-corrected chi connectivity index (χ0v) is 13.4. The van der Waals surface area contributed by atoms with Crippen molar-refractivity contribution in [2.75, 3.05) is 32.7 Å². The van der Waals surface area contributed by atoms with Crippen molar-refractivity contribution in [2.24, 2.45) is 0 Å². The molecule has 23 heavy (non-hydrogen) atoms. The number of ether oxygens (including phenoxy) is 3. The molecule has 2 heterocycles. The van der Waals surface area contributed by atoms with Crippen molar-refractivity contribution in [3.63, 3.8) is 0 Å². The molecule has 0 bridgehead atoms. The maximum atomic E-state index is 5.56. The van der Waals surface area contributed by atoms with Gasteiger partial charge in [-0.15, -0.1) is 0 Å². The third-order valence-corrected chi connectivity index (χ3v) is 3.63. The molecule has 0 amide bonds. The fraction of sp³-hybridized carbons (Fsp3) is 0.375. The van der Waals surface area contributed by atoms with Gasteiger partial charge in [0.15, 0.2) is 12.1 Å². The SMILES string of the molecule is CCOc1ccc2[nH]c3c(NCC(OC)OC)ncnc3c2c1. The van der Waals surface area contributed by atoms with Crippen LogP contribution in [0, 0.1) is 0 Å². The van der Waals surface area contributed by atoms with Crippen molar-refractivity contribution in [2.45, 2.75) is 13.2 Å². The maximum absolute atomic E-state index is 5.56. The Balaban J connectivity index is 1.98. The van der Waals surface area contributed by atoms with Crippen LogP contribution in [0.3, 0.4) is 0 Å². The number of aromatic amines is 1. The molecule has 7 nitrogen and oxygen atoms in total. The molecular formula is C16H20N4O3. The number of fused-ring (bicyclic) bond motifs is 3. The molecule has 2 N–H and O–H groups in total. The van der Waals surface area contributed by atoms with Gasteiger partial charge in [0.05, 0.1) is 13.2 Å². The van der Waals surface area contributed by atoms with E-state index >= 15 is 0 Å². The molecule has 0 aliphatic heterocycles. The minimum Gasteiger partial charge on any atom is -0.494 e. The minimum absolute atomic E-state index is 0.339. The van der Waals surface area contributed by atoms with Crippen LogP contribution in [0.2, 0.25) is 0 Å². The molecule has 0 fully saturated rings. The lowest BCUT2D eigenvalue weighted by atomic mass is 10.2. The fourth-order valence-electron chi connectivity index (χ4n) is 2.50. The second-order valence-electron chi connectivity index (χ2n) is 4.99. The van der Waals surface area contributed by atoms with Crippen molar-refractivity contribution in [3.8, 4) is 5.75 Å². The largest absolute Gasteiger partial charge is 0.494 e. The zero-order valence-electron chi connectivity index (χ0n) is 13.4. The van der Waals surface area contributed by atoms with Crippen LogP contribution in [-0.2, 0) is 9.47 Å². The summed E-state index contributed by atoms with van der Waals surface area (Å²) in [6, 6.07) is 5.91. The predicted molar refractivity (Wildman–Crippen MR) is 88.9 cm³/mol. The summed E-state index contributed by atoms with van der Waals surface area (Å²) in [6.07, 6.45) is 1.20. The molecule has 0 saturated carbocycles. The lowest BCUT2D eigenvalue weighted by Crippen LogP contribution is -2.24. The predicted octanol–water partition coefficient (Wildman–Crippen LogP) is 2.54. The van der Waals surface area contributed by atoms with E-state index in [-0.39, 0.29) is 6.29 Å². The van der Waals surface area contributed by atoms with Gasteiger partial charge in [-0.3, -0.25) is 0 Å². The Morgan fingerprint density at radius 3 is 2.78 bits per heavy atom. The monoisotopic (exact) mass is 316 g/mol. The van der Waals surface area contributed by atoms with E-state index in [2.05, 4.69) is 20.3 Å². The van der Waals surface area contributed by atoms with Crippen LogP contribution in [0.25, 0.3) is 21.9 Å². The van der Waals surface area contributed by atoms with Gasteiger partial charge in [-0.05, 0) is 25.1 Å². The molecule has 0 saturated heterocycles. The number of aromatic nitrogens is 3. The van der Waals surface area contributed by atoms with Gasteiger partial charge in [-0.25, -0.2) is 9.97 Å². The standard InChI is InChI=1S/C16H20N4O3/c1-4-23-10-5-6-12-11(7-10)14-15(20-12)16(19-9-18-14)17-8-13(21-2)22-3/h5-7,9,13,20H,4,8H2,1-3H3,(H,17,18,19). The second kappa shape index (κ2) is 6.80. The summed E-state index contributed by atoms with van der Waals surface area (Å²) in [5.74, 6) is 1.54. The number of rotatable bonds is 7. The first-order valence-corrected chi connectivity index (χ1v) is 7.45. The van der Waals surface area contributed by atoms with E-state index in [1.165, 1.54) is 0 Å². The first-order valence-electron chi connectivity index (χ1n) is 7.45. The summed E-state index contributed by atoms with van der Waals surface area (Å²) in [4.78, 5) is 12.1. The van der Waals surface area contributed by atoms with Gasteiger partial charge in [0.25, 0.3) is 0 Å². The molecular weight excluding hydrogens is 296 g/mol. The van der Waals surface area contributed by atoms with E-state index < -0.39 is 0 Å². The third kappa shape index (κ3) is 3.06. The van der Waals surface area contributed by atoms with Crippen LogP contribution < -0.4 is 10.1 Å². The number of anilines is 1. The Bertz CT molecular complexity index is 798. The lowest BCUT2D eigenvalue weighted by molar-refractivity contribution is -0.0914. The number of nitrogens with one attached hydrogen (secondary N) is 2. The van der Waals surface area contributed by atoms with Gasteiger partial charge < -0.3 is 24.5 Å². The van der Waals surface area contributed by atoms with E-state index in [0.29, 0.717) is 19.0 Å². The topological polar surface area (TPSA) is 81.3 Å². The number of nitrogens with zero attached hydrogens (tertiary/aromatic N) is 2. The molecule has 122 valence electrons. The van der Waals surface area contributed by atoms with Gasteiger partial charge in [0, 0.05) is 25.1 Å². The van der Waals surface area contributed by atoms with Crippen molar-refractivity contribution in [3.05, 3.63) is 24.5 Å². The van der Waals surface area contributed by atoms with E-state index in [1.54, 1.807) is 20.5 Å². The smallest absolute Gasteiger partial charge is 0.173 e. The van der Waals surface area contributed by atoms with E-state index in [9.17, 15) is 0 Å². The first kappa shape index (κ1) is 15.5. The van der Waals surface area contributed by atoms with Crippen molar-refractivity contribution in [1.82, 2.24) is 15.0 Å². The number of methoxy groups -OCH3 is 2. The molecule has 1 aromatic carbocycles. The number of hydrogen-bond acceptors (Lipinski definition) is 6. The summed E-state index contributed by atoms with van der Waals surface area (Å²) >= 11 is 0. The third-order valence-electron chi connectivity index (χ3n) is 3.63. The molecule has 0 spiro atoms. The number of benzene rings is 1. The molecule has 0 atom stereocenters. The Morgan fingerprint density at radius 1 is 1.22 bits per heavy atom. The van der Waals surface area contributed by atoms with E-state index in [0.717, 1.165) is 27.7 Å². The highest BCUT2D eigenvalue weighted by atomic mass is 16.7. The molecule has 2 aromatic heterocycles. The summed E-state index contributed by atoms with van der Waals surface area (Å²) < 4.78 is 15.9. The van der Waals surface area contributed by atoms with Crippen LogP contribution in [0.1, 0.15) is 6.92 Å².